The first-order valence-corrected chi connectivity index (χ1v) is 5.44. The van der Waals surface area contributed by atoms with Crippen LogP contribution in [-0.2, 0) is 4.79 Å². The number of halogens is 2. The topological polar surface area (TPSA) is 51.2 Å². The van der Waals surface area contributed by atoms with Crippen molar-refractivity contribution in [2.45, 2.75) is 0 Å². The largest absolute Gasteiger partial charge is 0.479 e. The van der Waals surface area contributed by atoms with Crippen molar-refractivity contribution in [1.82, 2.24) is 4.98 Å². The van der Waals surface area contributed by atoms with Gasteiger partial charge in [-0.2, -0.15) is 4.39 Å². The second-order valence-corrected chi connectivity index (χ2v) is 3.64. The van der Waals surface area contributed by atoms with Gasteiger partial charge in [-0.25, -0.2) is 9.37 Å². The van der Waals surface area contributed by atoms with Crippen LogP contribution in [0, 0.1) is 11.8 Å². The van der Waals surface area contributed by atoms with E-state index in [0.717, 1.165) is 0 Å². The lowest BCUT2D eigenvalue weighted by molar-refractivity contribution is -0.118. The average molecular weight is 264 g/mol. The number of benzene rings is 1. The van der Waals surface area contributed by atoms with E-state index in [1.165, 1.54) is 42.6 Å². The molecule has 19 heavy (non-hydrogen) atoms. The average Bonchev–Trinajstić information content (AvgIpc) is 2.40. The fourth-order valence-electron chi connectivity index (χ4n) is 1.35. The van der Waals surface area contributed by atoms with Gasteiger partial charge in [0.15, 0.2) is 12.4 Å². The molecule has 0 saturated carbocycles. The van der Waals surface area contributed by atoms with Crippen molar-refractivity contribution in [3.05, 3.63) is 54.4 Å². The molecule has 1 heterocycles. The third-order valence-corrected chi connectivity index (χ3v) is 2.21. The molecule has 0 saturated heterocycles. The summed E-state index contributed by atoms with van der Waals surface area (Å²) >= 11 is 0. The maximum Gasteiger partial charge on any atom is 0.262 e. The van der Waals surface area contributed by atoms with E-state index in [1.54, 1.807) is 0 Å². The summed E-state index contributed by atoms with van der Waals surface area (Å²) in [6.45, 7) is -0.361. The Kier molecular flexibility index (Phi) is 4.02. The monoisotopic (exact) mass is 264 g/mol. The van der Waals surface area contributed by atoms with E-state index < -0.39 is 17.7 Å². The first kappa shape index (κ1) is 12.9. The predicted octanol–water partition coefficient (Wildman–Crippen LogP) is 2.38. The Bertz CT molecular complexity index is 573. The van der Waals surface area contributed by atoms with Crippen LogP contribution >= 0.6 is 0 Å². The molecule has 0 atom stereocenters. The van der Waals surface area contributed by atoms with E-state index in [2.05, 4.69) is 10.3 Å². The van der Waals surface area contributed by atoms with Crippen LogP contribution in [0.5, 0.6) is 5.75 Å². The van der Waals surface area contributed by atoms with Crippen LogP contribution in [0.4, 0.5) is 14.5 Å². The van der Waals surface area contributed by atoms with Crippen molar-refractivity contribution < 1.29 is 18.3 Å². The minimum Gasteiger partial charge on any atom is -0.479 e. The molecular weight excluding hydrogens is 254 g/mol. The number of amides is 1. The first-order chi connectivity index (χ1) is 9.15. The number of anilines is 1. The Labute approximate surface area is 108 Å². The zero-order valence-electron chi connectivity index (χ0n) is 9.77. The molecule has 0 fully saturated rings. The zero-order chi connectivity index (χ0) is 13.7. The summed E-state index contributed by atoms with van der Waals surface area (Å²) in [4.78, 5) is 14.9. The van der Waals surface area contributed by atoms with Gasteiger partial charge in [-0.1, -0.05) is 0 Å². The van der Waals surface area contributed by atoms with Crippen molar-refractivity contribution in [2.24, 2.45) is 0 Å². The highest BCUT2D eigenvalue weighted by molar-refractivity contribution is 5.91. The fraction of sp³-hybridized carbons (Fsp3) is 0.0769. The van der Waals surface area contributed by atoms with Gasteiger partial charge in [0.25, 0.3) is 11.9 Å². The van der Waals surface area contributed by atoms with Gasteiger partial charge >= 0.3 is 0 Å². The standard InChI is InChI=1S/C13H10F2N2O2/c14-9-3-5-10(6-4-9)17-12(18)8-19-11-2-1-7-16-13(11)15/h1-7H,8H2,(H,17,18). The van der Waals surface area contributed by atoms with Crippen LogP contribution in [0.2, 0.25) is 0 Å². The Morgan fingerprint density at radius 2 is 1.95 bits per heavy atom. The number of hydrogen-bond acceptors (Lipinski definition) is 3. The molecule has 1 N–H and O–H groups in total. The van der Waals surface area contributed by atoms with Crippen molar-refractivity contribution in [1.29, 1.82) is 0 Å². The van der Waals surface area contributed by atoms with Gasteiger partial charge < -0.3 is 10.1 Å². The van der Waals surface area contributed by atoms with Crippen LogP contribution in [-0.4, -0.2) is 17.5 Å². The molecule has 1 aromatic carbocycles. The van der Waals surface area contributed by atoms with Gasteiger partial charge in [0, 0.05) is 11.9 Å². The molecule has 0 aliphatic carbocycles. The molecular formula is C13H10F2N2O2. The summed E-state index contributed by atoms with van der Waals surface area (Å²) in [6.07, 6.45) is 1.28. The Balaban J connectivity index is 1.88. The number of ether oxygens (including phenoxy) is 1. The summed E-state index contributed by atoms with van der Waals surface area (Å²) in [5, 5.41) is 2.49. The highest BCUT2D eigenvalue weighted by Crippen LogP contribution is 2.13. The SMILES string of the molecule is O=C(COc1cccnc1F)Nc1ccc(F)cc1. The van der Waals surface area contributed by atoms with Gasteiger partial charge in [0.2, 0.25) is 0 Å². The maximum absolute atomic E-state index is 13.1. The van der Waals surface area contributed by atoms with Gasteiger partial charge in [-0.15, -0.1) is 0 Å². The fourth-order valence-corrected chi connectivity index (χ4v) is 1.35. The molecule has 2 rings (SSSR count). The number of carbonyl (C=O) groups excluding carboxylic acids is 1. The lowest BCUT2D eigenvalue weighted by Crippen LogP contribution is -2.20. The minimum atomic E-state index is -0.780. The third kappa shape index (κ3) is 3.74. The number of carbonyl (C=O) groups is 1. The molecule has 0 unspecified atom stereocenters. The molecule has 0 aliphatic rings. The number of hydrogen-bond donors (Lipinski definition) is 1. The van der Waals surface area contributed by atoms with Gasteiger partial charge in [-0.05, 0) is 36.4 Å². The lowest BCUT2D eigenvalue weighted by atomic mass is 10.3. The van der Waals surface area contributed by atoms with Crippen molar-refractivity contribution >= 4 is 11.6 Å². The number of aromatic nitrogens is 1. The smallest absolute Gasteiger partial charge is 0.262 e. The lowest BCUT2D eigenvalue weighted by Gasteiger charge is -2.07. The Morgan fingerprint density at radius 1 is 1.21 bits per heavy atom. The highest BCUT2D eigenvalue weighted by atomic mass is 19.1. The minimum absolute atomic E-state index is 0.100. The van der Waals surface area contributed by atoms with Gasteiger partial charge in [0.05, 0.1) is 0 Å². The van der Waals surface area contributed by atoms with Crippen molar-refractivity contribution in [3.8, 4) is 5.75 Å². The van der Waals surface area contributed by atoms with Crippen LogP contribution in [0.25, 0.3) is 0 Å². The summed E-state index contributed by atoms with van der Waals surface area (Å²) in [6, 6.07) is 8.13. The van der Waals surface area contributed by atoms with Crippen LogP contribution in [0.3, 0.4) is 0 Å². The quantitative estimate of drug-likeness (QED) is 0.862. The van der Waals surface area contributed by atoms with E-state index in [9.17, 15) is 13.6 Å². The summed E-state index contributed by atoms with van der Waals surface area (Å²) < 4.78 is 30.7. The maximum atomic E-state index is 13.1. The molecule has 0 spiro atoms. The predicted molar refractivity (Wildman–Crippen MR) is 64.7 cm³/mol. The van der Waals surface area contributed by atoms with Crippen LogP contribution in [0.15, 0.2) is 42.6 Å². The van der Waals surface area contributed by atoms with E-state index >= 15 is 0 Å². The van der Waals surface area contributed by atoms with Gasteiger partial charge in [-0.3, -0.25) is 4.79 Å². The van der Waals surface area contributed by atoms with Gasteiger partial charge in [0.1, 0.15) is 5.82 Å². The Hall–Kier alpha value is -2.50. The normalized spacial score (nSPS) is 10.0. The molecule has 2 aromatic rings. The summed E-state index contributed by atoms with van der Waals surface area (Å²) in [7, 11) is 0. The van der Waals surface area contributed by atoms with Crippen LogP contribution in [0.1, 0.15) is 0 Å². The molecule has 0 bridgehead atoms. The van der Waals surface area contributed by atoms with Crippen molar-refractivity contribution in [3.63, 3.8) is 0 Å². The van der Waals surface area contributed by atoms with E-state index in [-0.39, 0.29) is 12.4 Å². The number of nitrogens with one attached hydrogen (secondary N) is 1. The van der Waals surface area contributed by atoms with E-state index in [1.807, 2.05) is 0 Å². The summed E-state index contributed by atoms with van der Waals surface area (Å²) in [5.74, 6) is -1.75. The third-order valence-electron chi connectivity index (χ3n) is 2.21. The second kappa shape index (κ2) is 5.90. The Morgan fingerprint density at radius 3 is 2.63 bits per heavy atom. The number of rotatable bonds is 4. The molecule has 1 amide bonds. The molecule has 0 radical (unpaired) electrons. The molecule has 0 aliphatic heterocycles. The van der Waals surface area contributed by atoms with Crippen LogP contribution < -0.4 is 10.1 Å². The molecule has 4 nitrogen and oxygen atoms in total. The molecule has 6 heteroatoms. The summed E-state index contributed by atoms with van der Waals surface area (Å²) in [5.41, 5.74) is 0.432. The second-order valence-electron chi connectivity index (χ2n) is 3.64. The van der Waals surface area contributed by atoms with E-state index in [4.69, 9.17) is 4.74 Å². The zero-order valence-corrected chi connectivity index (χ0v) is 9.77. The first-order valence-electron chi connectivity index (χ1n) is 5.44. The molecule has 98 valence electrons. The van der Waals surface area contributed by atoms with E-state index in [0.29, 0.717) is 5.69 Å². The number of nitrogens with zero attached hydrogens (tertiary/aromatic N) is 1. The highest BCUT2D eigenvalue weighted by Gasteiger charge is 2.07. The molecule has 1 aromatic heterocycles. The number of pyridine rings is 1. The van der Waals surface area contributed by atoms with Crippen molar-refractivity contribution in [2.75, 3.05) is 11.9 Å².